The maximum atomic E-state index is 10.7. The molecule has 0 N–H and O–H groups in total. The van der Waals surface area contributed by atoms with Gasteiger partial charge in [-0.2, -0.15) is 4.99 Å². The van der Waals surface area contributed by atoms with Gasteiger partial charge in [0, 0.05) is 10.5 Å². The molecule has 0 aliphatic heterocycles. The van der Waals surface area contributed by atoms with Crippen molar-refractivity contribution in [3.05, 3.63) is 23.3 Å². The maximum absolute atomic E-state index is 10.7. The molecule has 1 saturated carbocycles. The summed E-state index contributed by atoms with van der Waals surface area (Å²) in [7, 11) is 1.67. The van der Waals surface area contributed by atoms with Gasteiger partial charge in [0.05, 0.1) is 7.11 Å². The summed E-state index contributed by atoms with van der Waals surface area (Å²) in [6.45, 7) is 2.14. The molecule has 0 saturated heterocycles. The average molecular weight is 277 g/mol. The van der Waals surface area contributed by atoms with Crippen LogP contribution in [0.4, 0.5) is 0 Å². The van der Waals surface area contributed by atoms with Crippen LogP contribution in [-0.2, 0) is 16.8 Å². The fourth-order valence-corrected chi connectivity index (χ4v) is 3.34. The standard InChI is InChI=1S/C15H19NO2S/c1-4-11-8-13(18-2)12(9-14(11)19-3)15(16-10-17)6-5-7-15/h8-9H,4-7H2,1-3H3. The van der Waals surface area contributed by atoms with Gasteiger partial charge in [-0.15, -0.1) is 11.8 Å². The van der Waals surface area contributed by atoms with Crippen LogP contribution in [0.2, 0.25) is 0 Å². The smallest absolute Gasteiger partial charge is 0.235 e. The summed E-state index contributed by atoms with van der Waals surface area (Å²) in [4.78, 5) is 16.0. The first-order valence-corrected chi connectivity index (χ1v) is 7.77. The number of ether oxygens (including phenoxy) is 1. The van der Waals surface area contributed by atoms with Gasteiger partial charge in [0.2, 0.25) is 6.08 Å². The number of methoxy groups -OCH3 is 1. The lowest BCUT2D eigenvalue weighted by atomic mass is 9.72. The topological polar surface area (TPSA) is 38.7 Å². The molecular formula is C15H19NO2S. The summed E-state index contributed by atoms with van der Waals surface area (Å²) in [6, 6.07) is 4.23. The first-order chi connectivity index (χ1) is 9.20. The molecule has 0 amide bonds. The van der Waals surface area contributed by atoms with Crippen LogP contribution in [0.3, 0.4) is 0 Å². The van der Waals surface area contributed by atoms with E-state index < -0.39 is 5.54 Å². The number of hydrogen-bond donors (Lipinski definition) is 0. The lowest BCUT2D eigenvalue weighted by Gasteiger charge is -2.38. The highest BCUT2D eigenvalue weighted by atomic mass is 32.2. The Kier molecular flexibility index (Phi) is 4.33. The second-order valence-corrected chi connectivity index (χ2v) is 5.65. The number of rotatable bonds is 5. The predicted octanol–water partition coefficient (Wildman–Crippen LogP) is 3.69. The summed E-state index contributed by atoms with van der Waals surface area (Å²) < 4.78 is 5.52. The lowest BCUT2D eigenvalue weighted by Crippen LogP contribution is -2.32. The molecule has 0 aromatic heterocycles. The van der Waals surface area contributed by atoms with Crippen molar-refractivity contribution in [2.45, 2.75) is 43.0 Å². The first-order valence-electron chi connectivity index (χ1n) is 6.55. The average Bonchev–Trinajstić information content (AvgIpc) is 2.41. The zero-order valence-electron chi connectivity index (χ0n) is 11.7. The highest BCUT2D eigenvalue weighted by Gasteiger charge is 2.41. The molecule has 0 radical (unpaired) electrons. The summed E-state index contributed by atoms with van der Waals surface area (Å²) in [6.07, 6.45) is 7.68. The molecule has 1 aliphatic carbocycles. The van der Waals surface area contributed by atoms with Crippen LogP contribution in [0.5, 0.6) is 5.75 Å². The molecule has 1 aromatic carbocycles. The number of benzene rings is 1. The molecule has 1 aromatic rings. The van der Waals surface area contributed by atoms with Crippen molar-refractivity contribution in [2.24, 2.45) is 4.99 Å². The number of thioether (sulfide) groups is 1. The van der Waals surface area contributed by atoms with Crippen LogP contribution in [0.1, 0.15) is 37.3 Å². The highest BCUT2D eigenvalue weighted by Crippen LogP contribution is 2.49. The molecule has 4 heteroatoms. The Bertz CT molecular complexity index is 517. The molecule has 2 rings (SSSR count). The van der Waals surface area contributed by atoms with E-state index in [9.17, 15) is 4.79 Å². The zero-order valence-corrected chi connectivity index (χ0v) is 12.5. The van der Waals surface area contributed by atoms with Gasteiger partial charge in [0.15, 0.2) is 0 Å². The molecule has 0 unspecified atom stereocenters. The molecule has 1 aliphatic rings. The van der Waals surface area contributed by atoms with Crippen LogP contribution >= 0.6 is 11.8 Å². The number of isocyanates is 1. The molecule has 102 valence electrons. The Morgan fingerprint density at radius 1 is 1.47 bits per heavy atom. The maximum Gasteiger partial charge on any atom is 0.235 e. The van der Waals surface area contributed by atoms with Gasteiger partial charge in [0.25, 0.3) is 0 Å². The molecule has 0 spiro atoms. The Balaban J connectivity index is 2.58. The lowest BCUT2D eigenvalue weighted by molar-refractivity contribution is 0.245. The fraction of sp³-hybridized carbons (Fsp3) is 0.533. The number of nitrogens with zero attached hydrogens (tertiary/aromatic N) is 1. The molecule has 0 atom stereocenters. The number of aliphatic imine (C=N–C) groups is 1. The number of hydrogen-bond acceptors (Lipinski definition) is 4. The van der Waals surface area contributed by atoms with Crippen molar-refractivity contribution in [3.63, 3.8) is 0 Å². The third kappa shape index (κ3) is 2.43. The minimum Gasteiger partial charge on any atom is -0.496 e. The van der Waals surface area contributed by atoms with Crippen molar-refractivity contribution in [3.8, 4) is 5.75 Å². The summed E-state index contributed by atoms with van der Waals surface area (Å²) in [5.74, 6) is 0.841. The Labute approximate surface area is 118 Å². The normalized spacial score (nSPS) is 16.4. The number of carbonyl (C=O) groups excluding carboxylic acids is 1. The molecular weight excluding hydrogens is 258 g/mol. The minimum atomic E-state index is -0.399. The molecule has 1 fully saturated rings. The van der Waals surface area contributed by atoms with Gasteiger partial charge in [0.1, 0.15) is 11.3 Å². The summed E-state index contributed by atoms with van der Waals surface area (Å²) in [5.41, 5.74) is 1.91. The van der Waals surface area contributed by atoms with Crippen molar-refractivity contribution < 1.29 is 9.53 Å². The Hall–Kier alpha value is -1.25. The van der Waals surface area contributed by atoms with Crippen LogP contribution in [0.25, 0.3) is 0 Å². The van der Waals surface area contributed by atoms with Gasteiger partial charge < -0.3 is 4.74 Å². The monoisotopic (exact) mass is 277 g/mol. The summed E-state index contributed by atoms with van der Waals surface area (Å²) >= 11 is 1.73. The Morgan fingerprint density at radius 2 is 2.21 bits per heavy atom. The third-order valence-electron chi connectivity index (χ3n) is 3.93. The first kappa shape index (κ1) is 14.2. The van der Waals surface area contributed by atoms with Crippen LogP contribution < -0.4 is 4.74 Å². The minimum absolute atomic E-state index is 0.399. The SMILES string of the molecule is CCc1cc(OC)c(C2(N=C=O)CCC2)cc1SC. The molecule has 19 heavy (non-hydrogen) atoms. The van der Waals surface area contributed by atoms with Gasteiger partial charge in [-0.25, -0.2) is 4.79 Å². The van der Waals surface area contributed by atoms with Gasteiger partial charge >= 0.3 is 0 Å². The Morgan fingerprint density at radius 3 is 2.63 bits per heavy atom. The second kappa shape index (κ2) is 5.81. The fourth-order valence-electron chi connectivity index (χ4n) is 2.64. The molecule has 0 bridgehead atoms. The number of aryl methyl sites for hydroxylation is 1. The zero-order chi connectivity index (χ0) is 13.9. The highest BCUT2D eigenvalue weighted by molar-refractivity contribution is 7.98. The van der Waals surface area contributed by atoms with E-state index >= 15 is 0 Å². The van der Waals surface area contributed by atoms with E-state index in [1.54, 1.807) is 25.0 Å². The van der Waals surface area contributed by atoms with E-state index in [4.69, 9.17) is 4.74 Å². The van der Waals surface area contributed by atoms with E-state index in [0.29, 0.717) is 0 Å². The molecule has 0 heterocycles. The van der Waals surface area contributed by atoms with Crippen molar-refractivity contribution in [1.29, 1.82) is 0 Å². The van der Waals surface area contributed by atoms with Crippen LogP contribution in [0.15, 0.2) is 22.0 Å². The van der Waals surface area contributed by atoms with E-state index in [0.717, 1.165) is 37.0 Å². The second-order valence-electron chi connectivity index (χ2n) is 4.81. The van der Waals surface area contributed by atoms with Crippen LogP contribution in [-0.4, -0.2) is 19.4 Å². The van der Waals surface area contributed by atoms with Gasteiger partial charge in [-0.3, -0.25) is 0 Å². The van der Waals surface area contributed by atoms with Crippen LogP contribution in [0, 0.1) is 0 Å². The molecule has 3 nitrogen and oxygen atoms in total. The van der Waals surface area contributed by atoms with Crippen molar-refractivity contribution in [2.75, 3.05) is 13.4 Å². The van der Waals surface area contributed by atoms with Crippen molar-refractivity contribution >= 4 is 17.8 Å². The van der Waals surface area contributed by atoms with E-state index in [2.05, 4.69) is 30.3 Å². The van der Waals surface area contributed by atoms with Crippen molar-refractivity contribution in [1.82, 2.24) is 0 Å². The summed E-state index contributed by atoms with van der Waals surface area (Å²) in [5, 5.41) is 0. The van der Waals surface area contributed by atoms with E-state index in [1.165, 1.54) is 10.5 Å². The largest absolute Gasteiger partial charge is 0.496 e. The predicted molar refractivity (Wildman–Crippen MR) is 77.8 cm³/mol. The van der Waals surface area contributed by atoms with E-state index in [1.807, 2.05) is 0 Å². The quantitative estimate of drug-likeness (QED) is 0.468. The van der Waals surface area contributed by atoms with E-state index in [-0.39, 0.29) is 0 Å². The third-order valence-corrected chi connectivity index (χ3v) is 4.75. The van der Waals surface area contributed by atoms with Gasteiger partial charge in [-0.05, 0) is 49.6 Å². The van der Waals surface area contributed by atoms with Gasteiger partial charge in [-0.1, -0.05) is 6.92 Å².